The Kier molecular flexibility index (Phi) is 6.76. The highest BCUT2D eigenvalue weighted by Crippen LogP contribution is 2.28. The number of hydrogen-bond donors (Lipinski definition) is 2. The molecule has 1 rings (SSSR count). The molecule has 0 saturated heterocycles. The summed E-state index contributed by atoms with van der Waals surface area (Å²) in [6.45, 7) is 5.81. The molecule has 0 heterocycles. The number of rotatable bonds is 8. The van der Waals surface area contributed by atoms with Crippen LogP contribution >= 0.6 is 0 Å². The summed E-state index contributed by atoms with van der Waals surface area (Å²) in [6, 6.07) is 7.94. The van der Waals surface area contributed by atoms with Crippen LogP contribution < -0.4 is 4.90 Å². The average Bonchev–Trinajstić information content (AvgIpc) is 2.42. The number of aliphatic hydroxyl groups is 2. The summed E-state index contributed by atoms with van der Waals surface area (Å²) in [4.78, 5) is 2.16. The minimum absolute atomic E-state index is 0.139. The normalized spacial score (nSPS) is 12.4. The molecule has 0 aliphatic rings. The molecule has 0 fully saturated rings. The van der Waals surface area contributed by atoms with Gasteiger partial charge < -0.3 is 15.1 Å². The van der Waals surface area contributed by atoms with E-state index >= 15 is 0 Å². The molecule has 102 valence electrons. The van der Waals surface area contributed by atoms with E-state index in [1.807, 2.05) is 31.2 Å². The van der Waals surface area contributed by atoms with Crippen LogP contribution in [0.25, 0.3) is 0 Å². The molecule has 1 aromatic carbocycles. The van der Waals surface area contributed by atoms with Crippen LogP contribution in [0.15, 0.2) is 24.3 Å². The van der Waals surface area contributed by atoms with Crippen LogP contribution in [-0.2, 0) is 0 Å². The lowest BCUT2D eigenvalue weighted by Gasteiger charge is -2.27. The number of aliphatic hydroxyl groups excluding tert-OH is 2. The molecule has 0 spiro atoms. The van der Waals surface area contributed by atoms with Gasteiger partial charge in [0.05, 0.1) is 12.7 Å². The number of para-hydroxylation sites is 1. The maximum absolute atomic E-state index is 10.1. The molecule has 0 unspecified atom stereocenters. The highest BCUT2D eigenvalue weighted by Gasteiger charge is 2.14. The van der Waals surface area contributed by atoms with Gasteiger partial charge >= 0.3 is 0 Å². The predicted molar refractivity (Wildman–Crippen MR) is 75.9 cm³/mol. The largest absolute Gasteiger partial charge is 0.395 e. The summed E-state index contributed by atoms with van der Waals surface area (Å²) < 4.78 is 0. The van der Waals surface area contributed by atoms with E-state index in [4.69, 9.17) is 0 Å². The molecule has 0 aromatic heterocycles. The molecule has 0 aliphatic heterocycles. The van der Waals surface area contributed by atoms with E-state index in [1.54, 1.807) is 0 Å². The Labute approximate surface area is 110 Å². The van der Waals surface area contributed by atoms with Crippen LogP contribution in [-0.4, -0.2) is 29.9 Å². The molecule has 0 bridgehead atoms. The van der Waals surface area contributed by atoms with Gasteiger partial charge in [-0.05, 0) is 18.9 Å². The van der Waals surface area contributed by atoms with Gasteiger partial charge in [-0.15, -0.1) is 0 Å². The van der Waals surface area contributed by atoms with E-state index in [1.165, 1.54) is 0 Å². The van der Waals surface area contributed by atoms with Crippen LogP contribution in [0.5, 0.6) is 0 Å². The lowest BCUT2D eigenvalue weighted by Crippen LogP contribution is -2.29. The molecule has 18 heavy (non-hydrogen) atoms. The van der Waals surface area contributed by atoms with Gasteiger partial charge in [-0.25, -0.2) is 0 Å². The van der Waals surface area contributed by atoms with E-state index in [-0.39, 0.29) is 6.61 Å². The average molecular weight is 251 g/mol. The van der Waals surface area contributed by atoms with Crippen molar-refractivity contribution in [3.63, 3.8) is 0 Å². The van der Waals surface area contributed by atoms with Crippen molar-refractivity contribution < 1.29 is 10.2 Å². The molecule has 3 heteroatoms. The first kappa shape index (κ1) is 15.0. The van der Waals surface area contributed by atoms with Crippen molar-refractivity contribution in [3.05, 3.63) is 29.8 Å². The Morgan fingerprint density at radius 2 is 1.89 bits per heavy atom. The summed E-state index contributed by atoms with van der Waals surface area (Å²) in [7, 11) is 0. The predicted octanol–water partition coefficient (Wildman–Crippen LogP) is 2.73. The monoisotopic (exact) mass is 251 g/mol. The quantitative estimate of drug-likeness (QED) is 0.746. The Morgan fingerprint density at radius 3 is 2.50 bits per heavy atom. The Bertz CT molecular complexity index is 341. The molecule has 2 N–H and O–H groups in total. The van der Waals surface area contributed by atoms with Crippen molar-refractivity contribution in [3.8, 4) is 0 Å². The van der Waals surface area contributed by atoms with Gasteiger partial charge in [0.15, 0.2) is 0 Å². The van der Waals surface area contributed by atoms with Gasteiger partial charge in [-0.1, -0.05) is 38.5 Å². The van der Waals surface area contributed by atoms with E-state index in [9.17, 15) is 10.2 Å². The van der Waals surface area contributed by atoms with Crippen molar-refractivity contribution in [1.82, 2.24) is 0 Å². The number of benzene rings is 1. The smallest absolute Gasteiger partial charge is 0.0807 e. The van der Waals surface area contributed by atoms with Crippen LogP contribution in [0.4, 0.5) is 5.69 Å². The third-order valence-electron chi connectivity index (χ3n) is 3.17. The SMILES string of the molecule is CCCCN(CCO)c1ccccc1[C@H](O)CC. The van der Waals surface area contributed by atoms with Gasteiger partial charge in [0.25, 0.3) is 0 Å². The minimum Gasteiger partial charge on any atom is -0.395 e. The number of nitrogens with zero attached hydrogens (tertiary/aromatic N) is 1. The van der Waals surface area contributed by atoms with Crippen LogP contribution in [0.1, 0.15) is 44.8 Å². The van der Waals surface area contributed by atoms with E-state index in [0.29, 0.717) is 13.0 Å². The topological polar surface area (TPSA) is 43.7 Å². The Balaban J connectivity index is 2.94. The first-order valence-electron chi connectivity index (χ1n) is 6.87. The van der Waals surface area contributed by atoms with Gasteiger partial charge in [-0.3, -0.25) is 0 Å². The van der Waals surface area contributed by atoms with Crippen molar-refractivity contribution in [1.29, 1.82) is 0 Å². The minimum atomic E-state index is -0.427. The van der Waals surface area contributed by atoms with E-state index in [0.717, 1.165) is 30.6 Å². The van der Waals surface area contributed by atoms with Gasteiger partial charge in [-0.2, -0.15) is 0 Å². The van der Waals surface area contributed by atoms with E-state index < -0.39 is 6.10 Å². The molecule has 0 radical (unpaired) electrons. The molecule has 0 aliphatic carbocycles. The molecule has 1 aromatic rings. The van der Waals surface area contributed by atoms with Crippen LogP contribution in [0.3, 0.4) is 0 Å². The summed E-state index contributed by atoms with van der Waals surface area (Å²) >= 11 is 0. The first-order valence-corrected chi connectivity index (χ1v) is 6.87. The molecule has 3 nitrogen and oxygen atoms in total. The molecule has 1 atom stereocenters. The van der Waals surface area contributed by atoms with Crippen LogP contribution in [0, 0.1) is 0 Å². The second-order valence-corrected chi connectivity index (χ2v) is 4.55. The second-order valence-electron chi connectivity index (χ2n) is 4.55. The summed E-state index contributed by atoms with van der Waals surface area (Å²) in [6.07, 6.45) is 2.50. The molecular weight excluding hydrogens is 226 g/mol. The zero-order valence-electron chi connectivity index (χ0n) is 11.5. The van der Waals surface area contributed by atoms with Gasteiger partial charge in [0.1, 0.15) is 0 Å². The van der Waals surface area contributed by atoms with Gasteiger partial charge in [0, 0.05) is 24.3 Å². The molecular formula is C15H25NO2. The highest BCUT2D eigenvalue weighted by molar-refractivity contribution is 5.54. The number of hydrogen-bond acceptors (Lipinski definition) is 3. The van der Waals surface area contributed by atoms with Crippen molar-refractivity contribution in [2.24, 2.45) is 0 Å². The zero-order valence-corrected chi connectivity index (χ0v) is 11.5. The Hall–Kier alpha value is -1.06. The van der Waals surface area contributed by atoms with Crippen LogP contribution in [0.2, 0.25) is 0 Å². The second kappa shape index (κ2) is 8.11. The lowest BCUT2D eigenvalue weighted by atomic mass is 10.0. The standard InChI is InChI=1S/C15H25NO2/c1-3-5-10-16(11-12-17)14-9-7-6-8-13(14)15(18)4-2/h6-9,15,17-18H,3-5,10-12H2,1-2H3/t15-/m1/s1. The van der Waals surface area contributed by atoms with Crippen molar-refractivity contribution >= 4 is 5.69 Å². The number of anilines is 1. The molecule has 0 amide bonds. The summed E-state index contributed by atoms with van der Waals surface area (Å²) in [5, 5.41) is 19.2. The third kappa shape index (κ3) is 4.00. The third-order valence-corrected chi connectivity index (χ3v) is 3.17. The maximum atomic E-state index is 10.1. The highest BCUT2D eigenvalue weighted by atomic mass is 16.3. The van der Waals surface area contributed by atoms with Gasteiger partial charge in [0.2, 0.25) is 0 Å². The fourth-order valence-corrected chi connectivity index (χ4v) is 2.10. The first-order chi connectivity index (χ1) is 8.74. The van der Waals surface area contributed by atoms with Crippen molar-refractivity contribution in [2.75, 3.05) is 24.6 Å². The van der Waals surface area contributed by atoms with E-state index in [2.05, 4.69) is 11.8 Å². The number of unbranched alkanes of at least 4 members (excludes halogenated alkanes) is 1. The lowest BCUT2D eigenvalue weighted by molar-refractivity contribution is 0.174. The Morgan fingerprint density at radius 1 is 1.17 bits per heavy atom. The van der Waals surface area contributed by atoms with Crippen molar-refractivity contribution in [2.45, 2.75) is 39.2 Å². The zero-order chi connectivity index (χ0) is 13.4. The molecule has 0 saturated carbocycles. The fraction of sp³-hybridized carbons (Fsp3) is 0.600. The fourth-order valence-electron chi connectivity index (χ4n) is 2.10. The maximum Gasteiger partial charge on any atom is 0.0807 e. The summed E-state index contributed by atoms with van der Waals surface area (Å²) in [5.41, 5.74) is 2.01. The summed E-state index contributed by atoms with van der Waals surface area (Å²) in [5.74, 6) is 0.